The molecule has 0 unspecified atom stereocenters. The Kier molecular flexibility index (Phi) is 6.49. The standard InChI is InChI=1S/C22H23N3O4S/c1-3-25(4-2)30(28,29)18-10-7-9-17(14-18)22(27)24-23-15-20-19-11-6-5-8-16(19)12-13-21(20)26/h5-15,26H,3-4H2,1-2H3,(H,24,27)/b23-15+. The highest BCUT2D eigenvalue weighted by Crippen LogP contribution is 2.25. The number of carbonyl (C=O) groups is 1. The number of hydrazone groups is 1. The molecule has 7 nitrogen and oxygen atoms in total. The first kappa shape index (κ1) is 21.5. The lowest BCUT2D eigenvalue weighted by atomic mass is 10.0. The molecule has 0 fully saturated rings. The zero-order valence-electron chi connectivity index (χ0n) is 16.7. The number of aromatic hydroxyl groups is 1. The van der Waals surface area contributed by atoms with Gasteiger partial charge in [0.25, 0.3) is 5.91 Å². The van der Waals surface area contributed by atoms with Gasteiger partial charge in [-0.3, -0.25) is 4.79 Å². The van der Waals surface area contributed by atoms with Crippen LogP contribution in [0.5, 0.6) is 5.75 Å². The van der Waals surface area contributed by atoms with E-state index in [0.717, 1.165) is 10.8 Å². The summed E-state index contributed by atoms with van der Waals surface area (Å²) in [6.45, 7) is 4.20. The third-order valence-corrected chi connectivity index (χ3v) is 6.79. The lowest BCUT2D eigenvalue weighted by molar-refractivity contribution is 0.0955. The van der Waals surface area contributed by atoms with Gasteiger partial charge in [0, 0.05) is 24.2 Å². The fraction of sp³-hybridized carbons (Fsp3) is 0.182. The SMILES string of the molecule is CCN(CC)S(=O)(=O)c1cccc(C(=O)N/N=C/c2c(O)ccc3ccccc23)c1. The summed E-state index contributed by atoms with van der Waals surface area (Å²) in [5.74, 6) is -0.512. The van der Waals surface area contributed by atoms with Crippen molar-refractivity contribution < 1.29 is 18.3 Å². The predicted molar refractivity (Wildman–Crippen MR) is 117 cm³/mol. The monoisotopic (exact) mass is 425 g/mol. The molecular weight excluding hydrogens is 402 g/mol. The fourth-order valence-corrected chi connectivity index (χ4v) is 4.65. The van der Waals surface area contributed by atoms with E-state index in [2.05, 4.69) is 10.5 Å². The van der Waals surface area contributed by atoms with Gasteiger partial charge < -0.3 is 5.11 Å². The summed E-state index contributed by atoms with van der Waals surface area (Å²) >= 11 is 0. The summed E-state index contributed by atoms with van der Waals surface area (Å²) < 4.78 is 26.7. The van der Waals surface area contributed by atoms with Crippen LogP contribution in [0.1, 0.15) is 29.8 Å². The van der Waals surface area contributed by atoms with Gasteiger partial charge >= 0.3 is 0 Å². The zero-order chi connectivity index (χ0) is 21.7. The Hall–Kier alpha value is -3.23. The minimum atomic E-state index is -3.67. The molecule has 0 radical (unpaired) electrons. The van der Waals surface area contributed by atoms with Gasteiger partial charge in [-0.25, -0.2) is 13.8 Å². The molecule has 0 aliphatic carbocycles. The summed E-state index contributed by atoms with van der Waals surface area (Å²) in [4.78, 5) is 12.5. The van der Waals surface area contributed by atoms with Gasteiger partial charge in [-0.15, -0.1) is 0 Å². The molecule has 3 rings (SSSR count). The molecule has 3 aromatic carbocycles. The Bertz CT molecular complexity index is 1200. The number of benzene rings is 3. The average molecular weight is 426 g/mol. The second-order valence-electron chi connectivity index (χ2n) is 6.54. The van der Waals surface area contributed by atoms with Crippen molar-refractivity contribution in [2.75, 3.05) is 13.1 Å². The molecule has 0 saturated carbocycles. The first-order valence-corrected chi connectivity index (χ1v) is 11.0. The molecule has 0 bridgehead atoms. The number of rotatable bonds is 7. The van der Waals surface area contributed by atoms with Gasteiger partial charge in [0.05, 0.1) is 11.1 Å². The first-order valence-electron chi connectivity index (χ1n) is 9.52. The third-order valence-electron chi connectivity index (χ3n) is 4.75. The zero-order valence-corrected chi connectivity index (χ0v) is 17.6. The van der Waals surface area contributed by atoms with Crippen molar-refractivity contribution in [1.82, 2.24) is 9.73 Å². The van der Waals surface area contributed by atoms with Crippen LogP contribution in [0, 0.1) is 0 Å². The molecule has 1 amide bonds. The molecule has 3 aromatic rings. The van der Waals surface area contributed by atoms with Gasteiger partial charge in [-0.2, -0.15) is 9.41 Å². The molecule has 0 saturated heterocycles. The van der Waals surface area contributed by atoms with Crippen molar-refractivity contribution in [3.63, 3.8) is 0 Å². The number of nitrogens with zero attached hydrogens (tertiary/aromatic N) is 2. The number of sulfonamides is 1. The van der Waals surface area contributed by atoms with E-state index in [0.29, 0.717) is 18.7 Å². The third kappa shape index (κ3) is 4.34. The highest BCUT2D eigenvalue weighted by atomic mass is 32.2. The molecule has 0 aliphatic rings. The van der Waals surface area contributed by atoms with Crippen LogP contribution in [0.25, 0.3) is 10.8 Å². The van der Waals surface area contributed by atoms with Crippen molar-refractivity contribution in [3.8, 4) is 5.75 Å². The van der Waals surface area contributed by atoms with E-state index in [1.807, 2.05) is 24.3 Å². The summed E-state index contributed by atoms with van der Waals surface area (Å²) in [5, 5.41) is 15.8. The summed E-state index contributed by atoms with van der Waals surface area (Å²) in [7, 11) is -3.67. The quantitative estimate of drug-likeness (QED) is 0.448. The molecule has 0 aliphatic heterocycles. The van der Waals surface area contributed by atoms with Crippen LogP contribution in [-0.4, -0.2) is 43.0 Å². The number of hydrogen-bond donors (Lipinski definition) is 2. The minimum absolute atomic E-state index is 0.0408. The van der Waals surface area contributed by atoms with Crippen LogP contribution in [0.15, 0.2) is 70.7 Å². The lowest BCUT2D eigenvalue weighted by Gasteiger charge is -2.18. The lowest BCUT2D eigenvalue weighted by Crippen LogP contribution is -2.30. The molecule has 0 atom stereocenters. The second kappa shape index (κ2) is 9.06. The number of nitrogens with one attached hydrogen (secondary N) is 1. The van der Waals surface area contributed by atoms with Gasteiger partial charge in [-0.1, -0.05) is 50.2 Å². The highest BCUT2D eigenvalue weighted by Gasteiger charge is 2.22. The molecule has 0 aromatic heterocycles. The number of carbonyl (C=O) groups excluding carboxylic acids is 1. The Morgan fingerprint density at radius 3 is 2.53 bits per heavy atom. The maximum absolute atomic E-state index is 12.7. The Balaban J connectivity index is 1.82. The van der Waals surface area contributed by atoms with Crippen molar-refractivity contribution in [2.24, 2.45) is 5.10 Å². The van der Waals surface area contributed by atoms with E-state index in [1.54, 1.807) is 26.0 Å². The molecule has 156 valence electrons. The summed E-state index contributed by atoms with van der Waals surface area (Å²) in [6, 6.07) is 16.7. The normalized spacial score (nSPS) is 12.0. The van der Waals surface area contributed by atoms with Gasteiger partial charge in [0.1, 0.15) is 5.75 Å². The molecule has 30 heavy (non-hydrogen) atoms. The topological polar surface area (TPSA) is 99.1 Å². The fourth-order valence-electron chi connectivity index (χ4n) is 3.15. The second-order valence-corrected chi connectivity index (χ2v) is 8.47. The smallest absolute Gasteiger partial charge is 0.271 e. The number of fused-ring (bicyclic) bond motifs is 1. The van der Waals surface area contributed by atoms with Crippen LogP contribution in [-0.2, 0) is 10.0 Å². The highest BCUT2D eigenvalue weighted by molar-refractivity contribution is 7.89. The number of phenolic OH excluding ortho intramolecular Hbond substituents is 1. The van der Waals surface area contributed by atoms with Crippen LogP contribution in [0.4, 0.5) is 0 Å². The van der Waals surface area contributed by atoms with Gasteiger partial charge in [0.2, 0.25) is 10.0 Å². The van der Waals surface area contributed by atoms with E-state index < -0.39 is 15.9 Å². The van der Waals surface area contributed by atoms with Crippen LogP contribution in [0.3, 0.4) is 0 Å². The summed E-state index contributed by atoms with van der Waals surface area (Å²) in [5.41, 5.74) is 3.03. The molecule has 2 N–H and O–H groups in total. The largest absolute Gasteiger partial charge is 0.507 e. The molecule has 8 heteroatoms. The van der Waals surface area contributed by atoms with E-state index in [4.69, 9.17) is 0 Å². The molecule has 0 spiro atoms. The van der Waals surface area contributed by atoms with Crippen LogP contribution in [0.2, 0.25) is 0 Å². The number of hydrogen-bond acceptors (Lipinski definition) is 5. The number of amides is 1. The van der Waals surface area contributed by atoms with E-state index in [9.17, 15) is 18.3 Å². The van der Waals surface area contributed by atoms with E-state index in [1.165, 1.54) is 34.8 Å². The van der Waals surface area contributed by atoms with Gasteiger partial charge in [-0.05, 0) is 35.0 Å². The maximum Gasteiger partial charge on any atom is 0.271 e. The van der Waals surface area contributed by atoms with E-state index in [-0.39, 0.29) is 16.2 Å². The molecular formula is C22H23N3O4S. The van der Waals surface area contributed by atoms with Crippen molar-refractivity contribution in [1.29, 1.82) is 0 Å². The first-order chi connectivity index (χ1) is 14.4. The van der Waals surface area contributed by atoms with E-state index >= 15 is 0 Å². The number of phenols is 1. The van der Waals surface area contributed by atoms with Crippen LogP contribution < -0.4 is 5.43 Å². The predicted octanol–water partition coefficient (Wildman–Crippen LogP) is 3.34. The van der Waals surface area contributed by atoms with Gasteiger partial charge in [0.15, 0.2) is 0 Å². The van der Waals surface area contributed by atoms with Crippen molar-refractivity contribution in [2.45, 2.75) is 18.7 Å². The minimum Gasteiger partial charge on any atom is -0.507 e. The van der Waals surface area contributed by atoms with Crippen molar-refractivity contribution in [3.05, 3.63) is 71.8 Å². The molecule has 0 heterocycles. The Labute approximate surface area is 175 Å². The maximum atomic E-state index is 12.7. The summed E-state index contributed by atoms with van der Waals surface area (Å²) in [6.07, 6.45) is 1.37. The van der Waals surface area contributed by atoms with Crippen LogP contribution >= 0.6 is 0 Å². The van der Waals surface area contributed by atoms with Crippen molar-refractivity contribution >= 4 is 32.9 Å². The Morgan fingerprint density at radius 1 is 1.07 bits per heavy atom. The Morgan fingerprint density at radius 2 is 1.80 bits per heavy atom. The average Bonchev–Trinajstić information content (AvgIpc) is 2.76.